The van der Waals surface area contributed by atoms with Crippen molar-refractivity contribution in [2.75, 3.05) is 5.43 Å². The number of benzene rings is 1. The van der Waals surface area contributed by atoms with Crippen LogP contribution < -0.4 is 20.8 Å². The van der Waals surface area contributed by atoms with E-state index >= 15 is 0 Å². The van der Waals surface area contributed by atoms with E-state index in [1.54, 1.807) is 18.2 Å². The fraction of sp³-hybridized carbons (Fsp3) is 0. The lowest BCUT2D eigenvalue weighted by molar-refractivity contribution is -0.296. The maximum absolute atomic E-state index is 10.6. The zero-order chi connectivity index (χ0) is 9.47. The predicted octanol–water partition coefficient (Wildman–Crippen LogP) is -0.428. The van der Waals surface area contributed by atoms with Crippen LogP contribution in [0.1, 0.15) is 0 Å². The molecule has 1 aromatic rings. The molecule has 1 aliphatic rings. The summed E-state index contributed by atoms with van der Waals surface area (Å²) in [6, 6.07) is 6.47. The fourth-order valence-corrected chi connectivity index (χ4v) is 1.21. The molecular weight excluding hydrogens is 174 g/mol. The minimum absolute atomic E-state index is 0.197. The summed E-state index contributed by atoms with van der Waals surface area (Å²) in [6.45, 7) is 0. The van der Waals surface area contributed by atoms with Crippen molar-refractivity contribution in [3.63, 3.8) is 0 Å². The number of rotatable bonds is 0. The Morgan fingerprint density at radius 1 is 1.46 bits per heavy atom. The number of para-hydroxylation sites is 2. The quantitative estimate of drug-likeness (QED) is 0.373. The number of carbonyl (C=O) groups is 1. The number of carbonyl (C=O) groups excluding carboxylic acids is 1. The third kappa shape index (κ3) is 0.970. The molecule has 1 aliphatic heterocycles. The van der Waals surface area contributed by atoms with Gasteiger partial charge in [-0.25, -0.2) is 0 Å². The van der Waals surface area contributed by atoms with Crippen molar-refractivity contribution < 1.29 is 15.1 Å². The van der Waals surface area contributed by atoms with E-state index in [1.807, 2.05) is 0 Å². The molecule has 6 nitrogen and oxygen atoms in total. The minimum Gasteiger partial charge on any atom is -0.494 e. The molecule has 6 heteroatoms. The van der Waals surface area contributed by atoms with Crippen LogP contribution in [0.4, 0.5) is 16.2 Å². The second kappa shape index (κ2) is 2.43. The van der Waals surface area contributed by atoms with Crippen LogP contribution in [0.2, 0.25) is 0 Å². The van der Waals surface area contributed by atoms with Crippen molar-refractivity contribution in [2.45, 2.75) is 0 Å². The maximum Gasteiger partial charge on any atom is 0.320 e. The monoisotopic (exact) mass is 181 g/mol. The lowest BCUT2D eigenvalue weighted by Gasteiger charge is -2.20. The Morgan fingerprint density at radius 2 is 2.15 bits per heavy atom. The van der Waals surface area contributed by atoms with Gasteiger partial charge < -0.3 is 9.90 Å². The molecule has 0 aliphatic carbocycles. The molecule has 3 N–H and O–H groups in total. The molecule has 0 fully saturated rings. The number of fused-ring (bicyclic) bond motifs is 1. The van der Waals surface area contributed by atoms with E-state index in [0.29, 0.717) is 5.69 Å². The van der Waals surface area contributed by atoms with Crippen LogP contribution in [0.5, 0.6) is 0 Å². The first-order valence-electron chi connectivity index (χ1n) is 3.61. The van der Waals surface area contributed by atoms with E-state index in [9.17, 15) is 15.1 Å². The minimum atomic E-state index is -1.64. The third-order valence-electron chi connectivity index (χ3n) is 1.87. The van der Waals surface area contributed by atoms with Crippen LogP contribution in [0, 0.1) is 0 Å². The topological polar surface area (TPSA) is 84.4 Å². The first-order valence-corrected chi connectivity index (χ1v) is 3.61. The zero-order valence-electron chi connectivity index (χ0n) is 6.52. The molecule has 2 rings (SSSR count). The average molecular weight is 181 g/mol. The molecule has 0 saturated carbocycles. The predicted molar refractivity (Wildman–Crippen MR) is 42.2 cm³/mol. The molecule has 13 heavy (non-hydrogen) atoms. The second-order valence-electron chi connectivity index (χ2n) is 2.66. The van der Waals surface area contributed by atoms with Gasteiger partial charge in [-0.05, 0) is 16.4 Å². The number of amides is 1. The smallest absolute Gasteiger partial charge is 0.320 e. The number of nitrogens with zero attached hydrogens (tertiary/aromatic N) is 1. The Kier molecular flexibility index (Phi) is 1.49. The summed E-state index contributed by atoms with van der Waals surface area (Å²) in [4.78, 5) is 10.6. The molecule has 0 spiro atoms. The first-order chi connectivity index (χ1) is 6.14. The number of carboxylic acid groups (broad SMARTS) is 1. The molecule has 0 saturated heterocycles. The summed E-state index contributed by atoms with van der Waals surface area (Å²) < 4.78 is -1.45. The molecule has 0 aromatic heterocycles. The summed E-state index contributed by atoms with van der Waals surface area (Å²) in [7, 11) is 0. The number of quaternary nitrogens is 1. The SMILES string of the molecule is O=C([O-])[N+]1(O)NNc2ccccc21. The van der Waals surface area contributed by atoms with Crippen molar-refractivity contribution in [2.24, 2.45) is 0 Å². The summed E-state index contributed by atoms with van der Waals surface area (Å²) >= 11 is 0. The van der Waals surface area contributed by atoms with Crippen molar-refractivity contribution in [1.29, 1.82) is 0 Å². The summed E-state index contributed by atoms with van der Waals surface area (Å²) in [6.07, 6.45) is -1.64. The summed E-state index contributed by atoms with van der Waals surface area (Å²) in [5, 5.41) is 20.1. The lowest BCUT2D eigenvalue weighted by atomic mass is 10.3. The summed E-state index contributed by atoms with van der Waals surface area (Å²) in [5.41, 5.74) is 5.41. The Hall–Kier alpha value is -1.63. The van der Waals surface area contributed by atoms with Gasteiger partial charge >= 0.3 is 6.09 Å². The number of nitrogens with one attached hydrogen (secondary N) is 2. The highest BCUT2D eigenvalue weighted by Crippen LogP contribution is 2.31. The molecule has 1 amide bonds. The normalized spacial score (nSPS) is 25.0. The maximum atomic E-state index is 10.6. The second-order valence-corrected chi connectivity index (χ2v) is 2.66. The van der Waals surface area contributed by atoms with Crippen LogP contribution in [0.15, 0.2) is 24.3 Å². The number of anilines is 1. The molecule has 1 unspecified atom stereocenters. The standard InChI is InChI=1S/C7H7N3O3/c11-7(12)10(13)6-4-2-1-3-5(6)8-9-10/h1-4,8-9,13H. The van der Waals surface area contributed by atoms with Gasteiger partial charge in [0.1, 0.15) is 5.69 Å². The molecule has 1 aromatic carbocycles. The van der Waals surface area contributed by atoms with Gasteiger partial charge in [-0.3, -0.25) is 5.43 Å². The Bertz CT molecular complexity index is 368. The van der Waals surface area contributed by atoms with Crippen LogP contribution in [0.3, 0.4) is 0 Å². The number of hydrazine groups is 1. The van der Waals surface area contributed by atoms with Gasteiger partial charge in [0.15, 0.2) is 0 Å². The van der Waals surface area contributed by atoms with Gasteiger partial charge in [0, 0.05) is 6.07 Å². The van der Waals surface area contributed by atoms with Gasteiger partial charge in [-0.15, -0.1) is 0 Å². The van der Waals surface area contributed by atoms with Gasteiger partial charge in [0.05, 0.1) is 0 Å². The third-order valence-corrected chi connectivity index (χ3v) is 1.87. The van der Waals surface area contributed by atoms with Gasteiger partial charge in [0.25, 0.3) is 0 Å². The highest BCUT2D eigenvalue weighted by molar-refractivity contribution is 5.84. The Balaban J connectivity index is 2.55. The highest BCUT2D eigenvalue weighted by Gasteiger charge is 2.40. The van der Waals surface area contributed by atoms with Crippen molar-refractivity contribution in [1.82, 2.24) is 10.3 Å². The molecule has 68 valence electrons. The van der Waals surface area contributed by atoms with Crippen LogP contribution in [0.25, 0.3) is 0 Å². The van der Waals surface area contributed by atoms with E-state index in [2.05, 4.69) is 11.0 Å². The first kappa shape index (κ1) is 7.99. The number of hydrogen-bond acceptors (Lipinski definition) is 5. The van der Waals surface area contributed by atoms with Crippen LogP contribution >= 0.6 is 0 Å². The van der Waals surface area contributed by atoms with E-state index in [1.165, 1.54) is 6.07 Å². The summed E-state index contributed by atoms with van der Waals surface area (Å²) in [5.74, 6) is 0. The van der Waals surface area contributed by atoms with Crippen LogP contribution in [-0.2, 0) is 0 Å². The molecule has 1 heterocycles. The number of hydrogen-bond donors (Lipinski definition) is 3. The molecule has 0 radical (unpaired) electrons. The van der Waals surface area contributed by atoms with E-state index in [-0.39, 0.29) is 5.69 Å². The van der Waals surface area contributed by atoms with E-state index in [0.717, 1.165) is 0 Å². The van der Waals surface area contributed by atoms with Crippen molar-refractivity contribution >= 4 is 17.5 Å². The molecular formula is C7H7N3O3. The molecule has 1 atom stereocenters. The Morgan fingerprint density at radius 3 is 2.85 bits per heavy atom. The van der Waals surface area contributed by atoms with Gasteiger partial charge in [-0.1, -0.05) is 12.1 Å². The fourth-order valence-electron chi connectivity index (χ4n) is 1.21. The highest BCUT2D eigenvalue weighted by atomic mass is 16.7. The van der Waals surface area contributed by atoms with E-state index in [4.69, 9.17) is 0 Å². The zero-order valence-corrected chi connectivity index (χ0v) is 6.52. The van der Waals surface area contributed by atoms with Gasteiger partial charge in [-0.2, -0.15) is 5.21 Å². The van der Waals surface area contributed by atoms with Crippen molar-refractivity contribution in [3.8, 4) is 0 Å². The number of hydroxylamine groups is 1. The van der Waals surface area contributed by atoms with Crippen LogP contribution in [-0.4, -0.2) is 11.3 Å². The van der Waals surface area contributed by atoms with Crippen molar-refractivity contribution in [3.05, 3.63) is 24.3 Å². The largest absolute Gasteiger partial charge is 0.494 e. The van der Waals surface area contributed by atoms with E-state index < -0.39 is 10.8 Å². The average Bonchev–Trinajstić information content (AvgIpc) is 2.47. The lowest BCUT2D eigenvalue weighted by Crippen LogP contribution is -2.64. The molecule has 0 bridgehead atoms. The van der Waals surface area contributed by atoms with Gasteiger partial charge in [0.2, 0.25) is 5.69 Å². The Labute approximate surface area is 73.5 Å².